The van der Waals surface area contributed by atoms with Crippen LogP contribution < -0.4 is 15.5 Å². The molecular weight excluding hydrogens is 525 g/mol. The molecule has 2 aliphatic rings. The monoisotopic (exact) mass is 558 g/mol. The van der Waals surface area contributed by atoms with E-state index in [9.17, 15) is 13.6 Å². The van der Waals surface area contributed by atoms with Crippen LogP contribution in [-0.2, 0) is 11.2 Å². The van der Waals surface area contributed by atoms with Gasteiger partial charge in [0.05, 0.1) is 11.1 Å². The molecule has 0 bridgehead atoms. The van der Waals surface area contributed by atoms with E-state index in [1.165, 1.54) is 12.1 Å². The minimum Gasteiger partial charge on any atom is -0.381 e. The predicted octanol–water partition coefficient (Wildman–Crippen LogP) is 3.95. The fourth-order valence-electron chi connectivity index (χ4n) is 5.56. The lowest BCUT2D eigenvalue weighted by atomic mass is 10.0. The van der Waals surface area contributed by atoms with Gasteiger partial charge < -0.3 is 25.1 Å². The number of nitrogens with one attached hydrogen (secondary N) is 3. The van der Waals surface area contributed by atoms with Gasteiger partial charge in [-0.1, -0.05) is 6.07 Å². The van der Waals surface area contributed by atoms with Gasteiger partial charge in [-0.2, -0.15) is 5.10 Å². The lowest BCUT2D eigenvalue weighted by Crippen LogP contribution is -2.45. The van der Waals surface area contributed by atoms with Crippen molar-refractivity contribution in [2.45, 2.75) is 25.3 Å². The van der Waals surface area contributed by atoms with E-state index in [2.05, 4.69) is 44.6 Å². The molecule has 1 aromatic heterocycles. The summed E-state index contributed by atoms with van der Waals surface area (Å²) in [7, 11) is 2.13. The Balaban J connectivity index is 1.25. The predicted molar refractivity (Wildman–Crippen MR) is 159 cm³/mol. The quantitative estimate of drug-likeness (QED) is 0.298. The highest BCUT2D eigenvalue weighted by Gasteiger charge is 2.22. The number of benzene rings is 3. The van der Waals surface area contributed by atoms with Crippen molar-refractivity contribution in [3.05, 3.63) is 82.9 Å². The highest BCUT2D eigenvalue weighted by Crippen LogP contribution is 2.29. The van der Waals surface area contributed by atoms with Crippen LogP contribution in [0.1, 0.15) is 34.3 Å². The van der Waals surface area contributed by atoms with E-state index in [0.717, 1.165) is 72.9 Å². The minimum absolute atomic E-state index is 0.222. The molecule has 6 rings (SSSR count). The van der Waals surface area contributed by atoms with Crippen molar-refractivity contribution in [2.24, 2.45) is 0 Å². The van der Waals surface area contributed by atoms with Gasteiger partial charge in [-0.25, -0.2) is 8.78 Å². The second-order valence-corrected chi connectivity index (χ2v) is 10.9. The molecule has 0 unspecified atom stereocenters. The molecule has 2 saturated heterocycles. The Labute approximate surface area is 238 Å². The molecule has 3 heterocycles. The van der Waals surface area contributed by atoms with Crippen molar-refractivity contribution in [1.29, 1.82) is 0 Å². The number of fused-ring (bicyclic) bond motifs is 1. The van der Waals surface area contributed by atoms with Crippen LogP contribution >= 0.6 is 0 Å². The van der Waals surface area contributed by atoms with E-state index in [4.69, 9.17) is 4.74 Å². The van der Waals surface area contributed by atoms with E-state index in [1.807, 2.05) is 30.3 Å². The Morgan fingerprint density at radius 2 is 1.73 bits per heavy atom. The average molecular weight is 558 g/mol. The Morgan fingerprint density at radius 1 is 0.976 bits per heavy atom. The van der Waals surface area contributed by atoms with E-state index in [0.29, 0.717) is 36.6 Å². The first-order chi connectivity index (χ1) is 19.9. The number of aromatic amines is 1. The number of anilines is 3. The Hall–Kier alpha value is -3.96. The normalized spacial score (nSPS) is 16.7. The summed E-state index contributed by atoms with van der Waals surface area (Å²) in [5, 5.41) is 14.6. The van der Waals surface area contributed by atoms with Crippen LogP contribution in [0.3, 0.4) is 0 Å². The topological polar surface area (TPSA) is 85.5 Å². The molecule has 4 aromatic rings. The minimum atomic E-state index is -0.610. The van der Waals surface area contributed by atoms with Crippen LogP contribution in [0.5, 0.6) is 0 Å². The summed E-state index contributed by atoms with van der Waals surface area (Å²) in [5.41, 5.74) is 4.54. The number of ether oxygens (including phenoxy) is 1. The van der Waals surface area contributed by atoms with Crippen LogP contribution in [0.25, 0.3) is 10.9 Å². The number of nitrogens with zero attached hydrogens (tertiary/aromatic N) is 3. The second kappa shape index (κ2) is 11.9. The second-order valence-electron chi connectivity index (χ2n) is 10.9. The number of halogens is 2. The molecule has 2 fully saturated rings. The molecule has 41 heavy (non-hydrogen) atoms. The van der Waals surface area contributed by atoms with Crippen molar-refractivity contribution in [2.75, 3.05) is 54.9 Å². The molecule has 0 saturated carbocycles. The van der Waals surface area contributed by atoms with E-state index >= 15 is 0 Å². The maximum absolute atomic E-state index is 13.7. The van der Waals surface area contributed by atoms with Crippen LogP contribution in [0.15, 0.2) is 54.6 Å². The van der Waals surface area contributed by atoms with E-state index in [-0.39, 0.29) is 11.9 Å². The van der Waals surface area contributed by atoms with Crippen molar-refractivity contribution in [3.8, 4) is 0 Å². The molecule has 11 heteroatoms. The van der Waals surface area contributed by atoms with Gasteiger partial charge in [0.25, 0.3) is 5.91 Å². The maximum atomic E-state index is 13.7. The van der Waals surface area contributed by atoms with Gasteiger partial charge >= 0.3 is 0 Å². The maximum Gasteiger partial charge on any atom is 0.258 e. The number of amides is 1. The van der Waals surface area contributed by atoms with Gasteiger partial charge in [-0.05, 0) is 72.9 Å². The van der Waals surface area contributed by atoms with Crippen LogP contribution in [0.4, 0.5) is 26.0 Å². The molecular formula is C30H33BF2N6O2. The van der Waals surface area contributed by atoms with Gasteiger partial charge in [-0.3, -0.25) is 9.89 Å². The first-order valence-corrected chi connectivity index (χ1v) is 14.1. The number of hydrogen-bond acceptors (Lipinski definition) is 6. The van der Waals surface area contributed by atoms with Gasteiger partial charge in [0.1, 0.15) is 11.6 Å². The summed E-state index contributed by atoms with van der Waals surface area (Å²) in [5.74, 6) is -1.09. The third-order valence-electron chi connectivity index (χ3n) is 7.89. The third-order valence-corrected chi connectivity index (χ3v) is 7.89. The van der Waals surface area contributed by atoms with Crippen molar-refractivity contribution in [3.63, 3.8) is 0 Å². The van der Waals surface area contributed by atoms with Crippen molar-refractivity contribution < 1.29 is 18.3 Å². The molecule has 3 N–H and O–H groups in total. The lowest BCUT2D eigenvalue weighted by molar-refractivity contribution is 0.0904. The smallest absolute Gasteiger partial charge is 0.258 e. The molecule has 3 aromatic carbocycles. The summed E-state index contributed by atoms with van der Waals surface area (Å²) < 4.78 is 33.0. The fourth-order valence-corrected chi connectivity index (χ4v) is 5.56. The van der Waals surface area contributed by atoms with Gasteiger partial charge in [0.15, 0.2) is 13.8 Å². The Morgan fingerprint density at radius 3 is 2.49 bits per heavy atom. The number of hydrogen-bond donors (Lipinski definition) is 3. The number of carbonyl (C=O) groups is 1. The highest BCUT2D eigenvalue weighted by atomic mass is 19.1. The highest BCUT2D eigenvalue weighted by molar-refractivity contribution is 6.11. The molecule has 1 amide bonds. The number of carbonyl (C=O) groups excluding carboxylic acids is 1. The summed E-state index contributed by atoms with van der Waals surface area (Å²) in [6.07, 6.45) is 2.10. The number of aromatic nitrogens is 2. The van der Waals surface area contributed by atoms with E-state index < -0.39 is 11.6 Å². The SMILES string of the molecule is BN1CCN(c2ccc(C(=O)Nc3n[nH]c4ccc(Cc5cc(F)cc(F)c5)cc34)c(NC3CCOCC3)c2)CC1. The van der Waals surface area contributed by atoms with Crippen molar-refractivity contribution in [1.82, 2.24) is 15.0 Å². The Bertz CT molecular complexity index is 1530. The van der Waals surface area contributed by atoms with Gasteiger partial charge in [0.2, 0.25) is 0 Å². The first-order valence-electron chi connectivity index (χ1n) is 14.1. The molecule has 0 atom stereocenters. The zero-order chi connectivity index (χ0) is 28.3. The first kappa shape index (κ1) is 27.2. The lowest BCUT2D eigenvalue weighted by Gasteiger charge is -2.35. The summed E-state index contributed by atoms with van der Waals surface area (Å²) in [4.78, 5) is 18.3. The number of rotatable bonds is 7. The summed E-state index contributed by atoms with van der Waals surface area (Å²) in [6, 6.07) is 15.3. The van der Waals surface area contributed by atoms with Gasteiger partial charge in [-0.15, -0.1) is 0 Å². The zero-order valence-corrected chi connectivity index (χ0v) is 23.1. The van der Waals surface area contributed by atoms with Gasteiger partial charge in [0, 0.05) is 68.3 Å². The number of H-pyrrole nitrogens is 1. The average Bonchev–Trinajstić information content (AvgIpc) is 3.35. The van der Waals surface area contributed by atoms with E-state index in [1.54, 1.807) is 0 Å². The Kier molecular flexibility index (Phi) is 7.89. The molecule has 0 spiro atoms. The zero-order valence-electron chi connectivity index (χ0n) is 23.1. The van der Waals surface area contributed by atoms with Crippen LogP contribution in [0.2, 0.25) is 0 Å². The van der Waals surface area contributed by atoms with Crippen LogP contribution in [-0.4, -0.2) is 74.3 Å². The standard InChI is InChI=1S/C30H33BF2N6O2/c31-39-9-7-38(8-10-39)24-2-3-25(28(18-24)34-23-5-11-41-12-6-23)30(40)35-29-26-16-19(1-4-27(26)36-37-29)13-20-14-21(32)17-22(33)15-20/h1-4,14-18,23,34H,5-13,31H2,(H2,35,36,37,40). The summed E-state index contributed by atoms with van der Waals surface area (Å²) >= 11 is 0. The molecule has 0 aliphatic carbocycles. The van der Waals surface area contributed by atoms with Crippen LogP contribution in [0, 0.1) is 11.6 Å². The number of piperazine rings is 1. The third kappa shape index (κ3) is 6.36. The van der Waals surface area contributed by atoms with Crippen molar-refractivity contribution >= 4 is 42.0 Å². The molecule has 212 valence electrons. The molecule has 8 nitrogen and oxygen atoms in total. The summed E-state index contributed by atoms with van der Waals surface area (Å²) in [6.45, 7) is 5.24. The fraction of sp³-hybridized carbons (Fsp3) is 0.333. The molecule has 2 aliphatic heterocycles. The molecule has 0 radical (unpaired) electrons. The largest absolute Gasteiger partial charge is 0.381 e.